The molecule has 0 fully saturated rings. The number of halogens is 3. The van der Waals surface area contributed by atoms with Gasteiger partial charge in [0, 0.05) is 11.8 Å². The number of benzene rings is 1. The Morgan fingerprint density at radius 1 is 1.32 bits per heavy atom. The molecule has 0 amide bonds. The van der Waals surface area contributed by atoms with Crippen LogP contribution in [0.25, 0.3) is 11.3 Å². The zero-order chi connectivity index (χ0) is 14.0. The summed E-state index contributed by atoms with van der Waals surface area (Å²) in [5.41, 5.74) is 0.301. The first-order valence-corrected chi connectivity index (χ1v) is 5.98. The predicted octanol–water partition coefficient (Wildman–Crippen LogP) is 3.98. The molecule has 1 heterocycles. The van der Waals surface area contributed by atoms with Crippen molar-refractivity contribution in [2.45, 2.75) is 0 Å². The molecule has 1 aromatic carbocycles. The maximum absolute atomic E-state index is 14.0. The number of nitrogens with zero attached hydrogens (tertiary/aromatic N) is 1. The molecule has 0 radical (unpaired) electrons. The van der Waals surface area contributed by atoms with Gasteiger partial charge in [0.2, 0.25) is 0 Å². The van der Waals surface area contributed by atoms with Crippen LogP contribution in [0.2, 0.25) is 10.0 Å². The predicted molar refractivity (Wildman–Crippen MR) is 71.0 cm³/mol. The SMILES string of the molecule is COC(=O)c1cnc(-c2c(Cl)cccc2Cl)c(F)c1. The molecule has 0 saturated heterocycles. The van der Waals surface area contributed by atoms with Crippen molar-refractivity contribution < 1.29 is 13.9 Å². The van der Waals surface area contributed by atoms with Gasteiger partial charge in [-0.2, -0.15) is 0 Å². The molecular formula is C13H8Cl2FNO2. The lowest BCUT2D eigenvalue weighted by molar-refractivity contribution is 0.0599. The smallest absolute Gasteiger partial charge is 0.339 e. The molecule has 0 aliphatic carbocycles. The average molecular weight is 300 g/mol. The molecule has 0 N–H and O–H groups in total. The summed E-state index contributed by atoms with van der Waals surface area (Å²) in [7, 11) is 1.21. The van der Waals surface area contributed by atoms with Crippen LogP contribution in [-0.2, 0) is 4.74 Å². The standard InChI is InChI=1S/C13H8Cl2FNO2/c1-19-13(18)7-5-10(16)12(17-6-7)11-8(14)3-2-4-9(11)15/h2-6H,1H3. The zero-order valence-electron chi connectivity index (χ0n) is 9.78. The van der Waals surface area contributed by atoms with Crippen molar-refractivity contribution in [3.8, 4) is 11.3 Å². The molecule has 0 aliphatic heterocycles. The number of rotatable bonds is 2. The number of pyridine rings is 1. The summed E-state index contributed by atoms with van der Waals surface area (Å²) >= 11 is 12.0. The normalized spacial score (nSPS) is 10.3. The Morgan fingerprint density at radius 2 is 1.95 bits per heavy atom. The van der Waals surface area contributed by atoms with Crippen LogP contribution in [-0.4, -0.2) is 18.1 Å². The first-order valence-electron chi connectivity index (χ1n) is 5.23. The van der Waals surface area contributed by atoms with E-state index in [0.29, 0.717) is 5.56 Å². The van der Waals surface area contributed by atoms with E-state index in [9.17, 15) is 9.18 Å². The second-order valence-electron chi connectivity index (χ2n) is 3.64. The van der Waals surface area contributed by atoms with E-state index >= 15 is 0 Å². The highest BCUT2D eigenvalue weighted by Gasteiger charge is 2.16. The molecular weight excluding hydrogens is 292 g/mol. The van der Waals surface area contributed by atoms with Gasteiger partial charge in [-0.3, -0.25) is 4.98 Å². The summed E-state index contributed by atoms with van der Waals surface area (Å²) in [6.45, 7) is 0. The van der Waals surface area contributed by atoms with Gasteiger partial charge >= 0.3 is 5.97 Å². The van der Waals surface area contributed by atoms with Crippen molar-refractivity contribution in [2.24, 2.45) is 0 Å². The van der Waals surface area contributed by atoms with Crippen molar-refractivity contribution in [1.82, 2.24) is 4.98 Å². The Balaban J connectivity index is 2.56. The van der Waals surface area contributed by atoms with Crippen LogP contribution in [0.4, 0.5) is 4.39 Å². The van der Waals surface area contributed by atoms with Crippen molar-refractivity contribution in [2.75, 3.05) is 7.11 Å². The number of ether oxygens (including phenoxy) is 1. The van der Waals surface area contributed by atoms with Crippen molar-refractivity contribution in [1.29, 1.82) is 0 Å². The van der Waals surface area contributed by atoms with E-state index in [1.807, 2.05) is 0 Å². The summed E-state index contributed by atoms with van der Waals surface area (Å²) in [6.07, 6.45) is 1.21. The van der Waals surface area contributed by atoms with Gasteiger partial charge in [-0.15, -0.1) is 0 Å². The number of carbonyl (C=O) groups is 1. The van der Waals surface area contributed by atoms with Crippen molar-refractivity contribution >= 4 is 29.2 Å². The van der Waals surface area contributed by atoms with Gasteiger partial charge in [0.1, 0.15) is 11.5 Å². The third kappa shape index (κ3) is 2.69. The maximum Gasteiger partial charge on any atom is 0.339 e. The van der Waals surface area contributed by atoms with Crippen LogP contribution in [0.1, 0.15) is 10.4 Å². The Bertz CT molecular complexity index is 626. The largest absolute Gasteiger partial charge is 0.465 e. The minimum atomic E-state index is -0.696. The second kappa shape index (κ2) is 5.55. The Labute approximate surface area is 118 Å². The van der Waals surface area contributed by atoms with E-state index in [1.54, 1.807) is 18.2 Å². The lowest BCUT2D eigenvalue weighted by Crippen LogP contribution is -2.03. The summed E-state index contributed by atoms with van der Waals surface area (Å²) in [4.78, 5) is 15.2. The van der Waals surface area contributed by atoms with Gasteiger partial charge in [-0.05, 0) is 18.2 Å². The molecule has 0 bridgehead atoms. The molecule has 2 rings (SSSR count). The summed E-state index contributed by atoms with van der Waals surface area (Å²) in [6, 6.07) is 5.85. The number of hydrogen-bond donors (Lipinski definition) is 0. The fraction of sp³-hybridized carbons (Fsp3) is 0.0769. The lowest BCUT2D eigenvalue weighted by Gasteiger charge is -2.08. The van der Waals surface area contributed by atoms with Gasteiger partial charge in [-0.1, -0.05) is 29.3 Å². The highest BCUT2D eigenvalue weighted by molar-refractivity contribution is 6.39. The molecule has 0 saturated carbocycles. The number of esters is 1. The third-order valence-electron chi connectivity index (χ3n) is 2.46. The van der Waals surface area contributed by atoms with Crippen LogP contribution < -0.4 is 0 Å². The van der Waals surface area contributed by atoms with Gasteiger partial charge < -0.3 is 4.74 Å². The van der Waals surface area contributed by atoms with E-state index in [1.165, 1.54) is 13.3 Å². The monoisotopic (exact) mass is 299 g/mol. The van der Waals surface area contributed by atoms with Crippen molar-refractivity contribution in [3.05, 3.63) is 51.9 Å². The molecule has 0 atom stereocenters. The molecule has 98 valence electrons. The molecule has 1 aromatic heterocycles. The molecule has 2 aromatic rings. The van der Waals surface area contributed by atoms with Crippen LogP contribution in [0.3, 0.4) is 0 Å². The quantitative estimate of drug-likeness (QED) is 0.787. The summed E-state index contributed by atoms with van der Waals surface area (Å²) in [5.74, 6) is -1.36. The number of methoxy groups -OCH3 is 1. The van der Waals surface area contributed by atoms with Gasteiger partial charge in [-0.25, -0.2) is 9.18 Å². The fourth-order valence-electron chi connectivity index (χ4n) is 1.58. The average Bonchev–Trinajstić information content (AvgIpc) is 2.39. The van der Waals surface area contributed by atoms with Gasteiger partial charge in [0.15, 0.2) is 0 Å². The maximum atomic E-state index is 14.0. The molecule has 0 aliphatic rings. The first kappa shape index (κ1) is 13.8. The molecule has 3 nitrogen and oxygen atoms in total. The highest BCUT2D eigenvalue weighted by Crippen LogP contribution is 2.34. The van der Waals surface area contributed by atoms with E-state index in [4.69, 9.17) is 23.2 Å². The number of carbonyl (C=O) groups excluding carboxylic acids is 1. The molecule has 19 heavy (non-hydrogen) atoms. The van der Waals surface area contributed by atoms with Crippen LogP contribution in [0.5, 0.6) is 0 Å². The van der Waals surface area contributed by atoms with E-state index in [0.717, 1.165) is 6.07 Å². The van der Waals surface area contributed by atoms with Gasteiger partial charge in [0.25, 0.3) is 0 Å². The zero-order valence-corrected chi connectivity index (χ0v) is 11.3. The fourth-order valence-corrected chi connectivity index (χ4v) is 2.15. The van der Waals surface area contributed by atoms with Crippen LogP contribution in [0, 0.1) is 5.82 Å². The second-order valence-corrected chi connectivity index (χ2v) is 4.46. The number of hydrogen-bond acceptors (Lipinski definition) is 3. The third-order valence-corrected chi connectivity index (χ3v) is 3.09. The first-order chi connectivity index (χ1) is 9.04. The Morgan fingerprint density at radius 3 is 2.47 bits per heavy atom. The Kier molecular flexibility index (Phi) is 4.02. The highest BCUT2D eigenvalue weighted by atomic mass is 35.5. The van der Waals surface area contributed by atoms with Crippen LogP contribution >= 0.6 is 23.2 Å². The Hall–Kier alpha value is -1.65. The van der Waals surface area contributed by atoms with Gasteiger partial charge in [0.05, 0.1) is 22.7 Å². The minimum Gasteiger partial charge on any atom is -0.465 e. The van der Waals surface area contributed by atoms with Crippen molar-refractivity contribution in [3.63, 3.8) is 0 Å². The molecule has 0 unspecified atom stereocenters. The summed E-state index contributed by atoms with van der Waals surface area (Å²) in [5, 5.41) is 0.564. The topological polar surface area (TPSA) is 39.2 Å². The minimum absolute atomic E-state index is 0.0109. The molecule has 6 heteroatoms. The number of aromatic nitrogens is 1. The van der Waals surface area contributed by atoms with E-state index in [2.05, 4.69) is 9.72 Å². The van der Waals surface area contributed by atoms with E-state index in [-0.39, 0.29) is 21.3 Å². The van der Waals surface area contributed by atoms with E-state index < -0.39 is 11.8 Å². The van der Waals surface area contributed by atoms with Crippen LogP contribution in [0.15, 0.2) is 30.5 Å². The summed E-state index contributed by atoms with van der Waals surface area (Å²) < 4.78 is 18.5. The molecule has 0 spiro atoms. The lowest BCUT2D eigenvalue weighted by atomic mass is 10.1.